The highest BCUT2D eigenvalue weighted by Gasteiger charge is 2.04. The highest BCUT2D eigenvalue weighted by molar-refractivity contribution is 5.93. The summed E-state index contributed by atoms with van der Waals surface area (Å²) in [5.74, 6) is -0.321. The highest BCUT2D eigenvalue weighted by Crippen LogP contribution is 2.04. The Kier molecular flexibility index (Phi) is 3.42. The van der Waals surface area contributed by atoms with Crippen LogP contribution >= 0.6 is 0 Å². The van der Waals surface area contributed by atoms with E-state index >= 15 is 0 Å². The number of benzene rings is 1. The molecule has 0 unspecified atom stereocenters. The van der Waals surface area contributed by atoms with Gasteiger partial charge >= 0.3 is 0 Å². The first kappa shape index (κ1) is 9.70. The van der Waals surface area contributed by atoms with E-state index in [1.54, 1.807) is 24.3 Å². The first-order chi connectivity index (χ1) is 6.27. The van der Waals surface area contributed by atoms with Crippen molar-refractivity contribution in [1.29, 1.82) is 0 Å². The third kappa shape index (κ3) is 2.54. The van der Waals surface area contributed by atoms with Gasteiger partial charge in [0.1, 0.15) is 0 Å². The summed E-state index contributed by atoms with van der Waals surface area (Å²) in [7, 11) is 1.37. The van der Waals surface area contributed by atoms with Gasteiger partial charge in [-0.05, 0) is 17.7 Å². The molecule has 0 radical (unpaired) electrons. The van der Waals surface area contributed by atoms with Crippen LogP contribution in [0.5, 0.6) is 0 Å². The number of hydrogen-bond acceptors (Lipinski definition) is 3. The lowest BCUT2D eigenvalue weighted by Crippen LogP contribution is -2.21. The fourth-order valence-electron chi connectivity index (χ4n) is 0.963. The Morgan fingerprint density at radius 2 is 2.38 bits per heavy atom. The molecule has 0 heterocycles. The standard InChI is InChI=1S/C9H11NO3/c1-13-10-9(12)8-4-2-3-7(5-8)6-11/h2-5,11H,6H2,1H3,(H,10,12). The van der Waals surface area contributed by atoms with Crippen LogP contribution in [0.2, 0.25) is 0 Å². The maximum atomic E-state index is 11.2. The van der Waals surface area contributed by atoms with Gasteiger partial charge < -0.3 is 5.11 Å². The molecule has 0 saturated carbocycles. The summed E-state index contributed by atoms with van der Waals surface area (Å²) < 4.78 is 0. The van der Waals surface area contributed by atoms with Crippen molar-refractivity contribution in [1.82, 2.24) is 5.48 Å². The van der Waals surface area contributed by atoms with Crippen LogP contribution in [0, 0.1) is 0 Å². The zero-order valence-electron chi connectivity index (χ0n) is 7.28. The van der Waals surface area contributed by atoms with E-state index in [4.69, 9.17) is 5.11 Å². The number of carbonyl (C=O) groups is 1. The van der Waals surface area contributed by atoms with Crippen LogP contribution in [0.4, 0.5) is 0 Å². The molecule has 13 heavy (non-hydrogen) atoms. The molecule has 1 rings (SSSR count). The Hall–Kier alpha value is -1.39. The minimum absolute atomic E-state index is 0.0753. The molecule has 4 heteroatoms. The largest absolute Gasteiger partial charge is 0.392 e. The maximum absolute atomic E-state index is 11.2. The first-order valence-electron chi connectivity index (χ1n) is 3.81. The molecule has 0 aliphatic rings. The smallest absolute Gasteiger partial charge is 0.274 e. The number of nitrogens with one attached hydrogen (secondary N) is 1. The lowest BCUT2D eigenvalue weighted by atomic mass is 10.1. The molecule has 1 amide bonds. The predicted octanol–water partition coefficient (Wildman–Crippen LogP) is 0.470. The summed E-state index contributed by atoms with van der Waals surface area (Å²) in [6.45, 7) is -0.0753. The lowest BCUT2D eigenvalue weighted by molar-refractivity contribution is 0.0537. The number of aliphatic hydroxyl groups excluding tert-OH is 1. The normalized spacial score (nSPS) is 9.69. The maximum Gasteiger partial charge on any atom is 0.274 e. The Labute approximate surface area is 76.1 Å². The molecular weight excluding hydrogens is 170 g/mol. The molecular formula is C9H11NO3. The number of amides is 1. The Morgan fingerprint density at radius 3 is 3.00 bits per heavy atom. The van der Waals surface area contributed by atoms with Crippen LogP contribution in [0.3, 0.4) is 0 Å². The van der Waals surface area contributed by atoms with Crippen LogP contribution in [-0.4, -0.2) is 18.1 Å². The molecule has 0 saturated heterocycles. The minimum atomic E-state index is -0.321. The van der Waals surface area contributed by atoms with Crippen molar-refractivity contribution in [2.45, 2.75) is 6.61 Å². The molecule has 0 bridgehead atoms. The number of carbonyl (C=O) groups excluding carboxylic acids is 1. The fourth-order valence-corrected chi connectivity index (χ4v) is 0.963. The van der Waals surface area contributed by atoms with Gasteiger partial charge in [0.25, 0.3) is 5.91 Å². The van der Waals surface area contributed by atoms with Crippen molar-refractivity contribution in [2.75, 3.05) is 7.11 Å². The van der Waals surface area contributed by atoms with Gasteiger partial charge in [-0.3, -0.25) is 9.63 Å². The SMILES string of the molecule is CONC(=O)c1cccc(CO)c1. The van der Waals surface area contributed by atoms with Crippen LogP contribution in [0.25, 0.3) is 0 Å². The zero-order chi connectivity index (χ0) is 9.68. The highest BCUT2D eigenvalue weighted by atomic mass is 16.6. The van der Waals surface area contributed by atoms with Crippen molar-refractivity contribution >= 4 is 5.91 Å². The van der Waals surface area contributed by atoms with Crippen LogP contribution in [-0.2, 0) is 11.4 Å². The second-order valence-electron chi connectivity index (χ2n) is 2.49. The monoisotopic (exact) mass is 181 g/mol. The molecule has 4 nitrogen and oxygen atoms in total. The van der Waals surface area contributed by atoms with Gasteiger partial charge in [-0.15, -0.1) is 0 Å². The molecule has 0 aliphatic carbocycles. The summed E-state index contributed by atoms with van der Waals surface area (Å²) in [6, 6.07) is 6.70. The van der Waals surface area contributed by atoms with Crippen molar-refractivity contribution < 1.29 is 14.7 Å². The third-order valence-corrected chi connectivity index (χ3v) is 1.57. The Balaban J connectivity index is 2.82. The molecule has 0 aromatic heterocycles. The number of hydrogen-bond donors (Lipinski definition) is 2. The second-order valence-corrected chi connectivity index (χ2v) is 2.49. The minimum Gasteiger partial charge on any atom is -0.392 e. The van der Waals surface area contributed by atoms with E-state index in [9.17, 15) is 4.79 Å². The van der Waals surface area contributed by atoms with Gasteiger partial charge in [-0.25, -0.2) is 5.48 Å². The van der Waals surface area contributed by atoms with E-state index in [0.29, 0.717) is 11.1 Å². The molecule has 2 N–H and O–H groups in total. The topological polar surface area (TPSA) is 58.6 Å². The molecule has 0 aliphatic heterocycles. The fraction of sp³-hybridized carbons (Fsp3) is 0.222. The van der Waals surface area contributed by atoms with E-state index in [1.165, 1.54) is 7.11 Å². The van der Waals surface area contributed by atoms with Gasteiger partial charge in [-0.2, -0.15) is 0 Å². The average Bonchev–Trinajstić information content (AvgIpc) is 2.18. The quantitative estimate of drug-likeness (QED) is 0.666. The number of aliphatic hydroxyl groups is 1. The average molecular weight is 181 g/mol. The van der Waals surface area contributed by atoms with Gasteiger partial charge in [0.05, 0.1) is 13.7 Å². The van der Waals surface area contributed by atoms with E-state index in [2.05, 4.69) is 10.3 Å². The van der Waals surface area contributed by atoms with Crippen molar-refractivity contribution in [2.24, 2.45) is 0 Å². The zero-order valence-corrected chi connectivity index (χ0v) is 7.28. The summed E-state index contributed by atoms with van der Waals surface area (Å²) >= 11 is 0. The third-order valence-electron chi connectivity index (χ3n) is 1.57. The second kappa shape index (κ2) is 4.59. The van der Waals surface area contributed by atoms with Crippen LogP contribution in [0.15, 0.2) is 24.3 Å². The van der Waals surface area contributed by atoms with E-state index < -0.39 is 0 Å². The predicted molar refractivity (Wildman–Crippen MR) is 46.8 cm³/mol. The molecule has 1 aromatic carbocycles. The van der Waals surface area contributed by atoms with Gasteiger partial charge in [-0.1, -0.05) is 12.1 Å². The van der Waals surface area contributed by atoms with E-state index in [1.807, 2.05) is 0 Å². The number of rotatable bonds is 3. The van der Waals surface area contributed by atoms with Crippen LogP contribution < -0.4 is 5.48 Å². The Bertz CT molecular complexity index is 299. The van der Waals surface area contributed by atoms with Gasteiger partial charge in [0.2, 0.25) is 0 Å². The Morgan fingerprint density at radius 1 is 1.62 bits per heavy atom. The summed E-state index contributed by atoms with van der Waals surface area (Å²) in [6.07, 6.45) is 0. The van der Waals surface area contributed by atoms with Crippen molar-refractivity contribution in [3.63, 3.8) is 0 Å². The lowest BCUT2D eigenvalue weighted by Gasteiger charge is -2.02. The molecule has 70 valence electrons. The van der Waals surface area contributed by atoms with Crippen molar-refractivity contribution in [3.8, 4) is 0 Å². The van der Waals surface area contributed by atoms with E-state index in [-0.39, 0.29) is 12.5 Å². The molecule has 0 spiro atoms. The van der Waals surface area contributed by atoms with Crippen molar-refractivity contribution in [3.05, 3.63) is 35.4 Å². The molecule has 0 atom stereocenters. The van der Waals surface area contributed by atoms with Crippen LogP contribution in [0.1, 0.15) is 15.9 Å². The van der Waals surface area contributed by atoms with E-state index in [0.717, 1.165) is 0 Å². The molecule has 0 fully saturated rings. The summed E-state index contributed by atoms with van der Waals surface area (Å²) in [5.41, 5.74) is 3.36. The summed E-state index contributed by atoms with van der Waals surface area (Å²) in [4.78, 5) is 15.7. The number of hydroxylamine groups is 1. The molecule has 1 aromatic rings. The van der Waals surface area contributed by atoms with Gasteiger partial charge in [0, 0.05) is 5.56 Å². The first-order valence-corrected chi connectivity index (χ1v) is 3.81. The summed E-state index contributed by atoms with van der Waals surface area (Å²) in [5, 5.41) is 8.81. The van der Waals surface area contributed by atoms with Gasteiger partial charge in [0.15, 0.2) is 0 Å².